The van der Waals surface area contributed by atoms with Crippen LogP contribution in [-0.4, -0.2) is 5.84 Å². The van der Waals surface area contributed by atoms with E-state index in [2.05, 4.69) is 48.5 Å². The van der Waals surface area contributed by atoms with Gasteiger partial charge in [-0.25, -0.2) is 4.99 Å². The number of amidine groups is 1. The number of benzene rings is 2. The number of nitrogens with two attached hydrogens (primary N) is 1. The monoisotopic (exact) mass is 290 g/mol. The van der Waals surface area contributed by atoms with Gasteiger partial charge in [-0.3, -0.25) is 0 Å². The predicted molar refractivity (Wildman–Crippen MR) is 91.7 cm³/mol. The molecule has 1 fully saturated rings. The normalized spacial score (nSPS) is 22.8. The third-order valence-corrected chi connectivity index (χ3v) is 5.18. The van der Waals surface area contributed by atoms with Crippen LogP contribution in [0.3, 0.4) is 0 Å². The molecule has 2 aromatic carbocycles. The first-order valence-corrected chi connectivity index (χ1v) is 8.32. The number of aliphatic imine (C=N–C) groups is 1. The molecule has 0 aromatic heterocycles. The van der Waals surface area contributed by atoms with E-state index in [1.54, 1.807) is 0 Å². The summed E-state index contributed by atoms with van der Waals surface area (Å²) in [6.07, 6.45) is 5.87. The lowest BCUT2D eigenvalue weighted by atomic mass is 9.84. The topological polar surface area (TPSA) is 38.4 Å². The summed E-state index contributed by atoms with van der Waals surface area (Å²) in [4.78, 5) is 4.70. The van der Waals surface area contributed by atoms with Crippen molar-refractivity contribution in [3.63, 3.8) is 0 Å². The number of nitrogens with zero attached hydrogens (tertiary/aromatic N) is 1. The van der Waals surface area contributed by atoms with Crippen LogP contribution < -0.4 is 5.73 Å². The maximum atomic E-state index is 6.20. The van der Waals surface area contributed by atoms with Crippen LogP contribution in [0.4, 0.5) is 5.69 Å². The molecular weight excluding hydrogens is 268 g/mol. The summed E-state index contributed by atoms with van der Waals surface area (Å²) >= 11 is 0. The summed E-state index contributed by atoms with van der Waals surface area (Å²) in [6, 6.07) is 17.5. The van der Waals surface area contributed by atoms with E-state index in [9.17, 15) is 0 Å². The summed E-state index contributed by atoms with van der Waals surface area (Å²) < 4.78 is 0. The minimum Gasteiger partial charge on any atom is -0.387 e. The van der Waals surface area contributed by atoms with Gasteiger partial charge in [0.05, 0.1) is 5.69 Å². The molecule has 1 aliphatic heterocycles. The molecule has 0 amide bonds. The fraction of sp³-hybridized carbons (Fsp3) is 0.350. The Morgan fingerprint density at radius 1 is 0.909 bits per heavy atom. The van der Waals surface area contributed by atoms with Crippen LogP contribution in [-0.2, 0) is 12.8 Å². The Labute approximate surface area is 132 Å². The molecule has 1 heterocycles. The molecule has 1 saturated carbocycles. The van der Waals surface area contributed by atoms with Crippen molar-refractivity contribution in [3.05, 3.63) is 65.2 Å². The molecule has 2 atom stereocenters. The van der Waals surface area contributed by atoms with E-state index >= 15 is 0 Å². The highest BCUT2D eigenvalue weighted by atomic mass is 14.9. The second-order valence-corrected chi connectivity index (χ2v) is 6.56. The van der Waals surface area contributed by atoms with Gasteiger partial charge in [0, 0.05) is 5.92 Å². The maximum absolute atomic E-state index is 6.20. The van der Waals surface area contributed by atoms with Crippen molar-refractivity contribution in [2.45, 2.75) is 38.0 Å². The van der Waals surface area contributed by atoms with Crippen LogP contribution in [0.15, 0.2) is 53.5 Å². The number of aryl methyl sites for hydroxylation is 2. The lowest BCUT2D eigenvalue weighted by Crippen LogP contribution is -2.28. The van der Waals surface area contributed by atoms with Crippen LogP contribution in [0, 0.1) is 5.92 Å². The van der Waals surface area contributed by atoms with E-state index in [1.807, 2.05) is 0 Å². The van der Waals surface area contributed by atoms with Crippen molar-refractivity contribution in [1.29, 1.82) is 0 Å². The van der Waals surface area contributed by atoms with Gasteiger partial charge in [0.2, 0.25) is 0 Å². The molecule has 2 heteroatoms. The van der Waals surface area contributed by atoms with Crippen LogP contribution in [0.5, 0.6) is 0 Å². The Morgan fingerprint density at radius 3 is 2.55 bits per heavy atom. The van der Waals surface area contributed by atoms with E-state index in [4.69, 9.17) is 10.7 Å². The Morgan fingerprint density at radius 2 is 1.68 bits per heavy atom. The Bertz CT molecular complexity index is 703. The van der Waals surface area contributed by atoms with Crippen LogP contribution in [0.1, 0.15) is 41.9 Å². The zero-order valence-electron chi connectivity index (χ0n) is 12.8. The van der Waals surface area contributed by atoms with Crippen molar-refractivity contribution in [1.82, 2.24) is 0 Å². The molecule has 0 radical (unpaired) electrons. The molecule has 112 valence electrons. The first-order chi connectivity index (χ1) is 10.8. The zero-order valence-corrected chi connectivity index (χ0v) is 12.8. The molecular formula is C20H22N2. The van der Waals surface area contributed by atoms with Gasteiger partial charge in [-0.05, 0) is 54.4 Å². The van der Waals surface area contributed by atoms with E-state index in [0.29, 0.717) is 11.8 Å². The maximum Gasteiger partial charge on any atom is 0.103 e. The molecule has 2 aliphatic rings. The minimum atomic E-state index is 0.489. The average Bonchev–Trinajstić information content (AvgIpc) is 3.04. The van der Waals surface area contributed by atoms with Gasteiger partial charge in [0.15, 0.2) is 0 Å². The Hall–Kier alpha value is -2.09. The largest absolute Gasteiger partial charge is 0.387 e. The quantitative estimate of drug-likeness (QED) is 0.896. The van der Waals surface area contributed by atoms with Gasteiger partial charge in [-0.15, -0.1) is 0 Å². The first kappa shape index (κ1) is 13.6. The Kier molecular flexibility index (Phi) is 3.45. The smallest absolute Gasteiger partial charge is 0.103 e. The highest BCUT2D eigenvalue weighted by molar-refractivity contribution is 5.89. The molecule has 22 heavy (non-hydrogen) atoms. The van der Waals surface area contributed by atoms with Gasteiger partial charge in [-0.2, -0.15) is 0 Å². The third kappa shape index (κ3) is 2.43. The van der Waals surface area contributed by atoms with E-state index in [1.165, 1.54) is 36.0 Å². The number of rotatable bonds is 3. The van der Waals surface area contributed by atoms with E-state index in [0.717, 1.165) is 24.4 Å². The summed E-state index contributed by atoms with van der Waals surface area (Å²) in [5.74, 6) is 1.95. The van der Waals surface area contributed by atoms with E-state index in [-0.39, 0.29) is 0 Å². The first-order valence-electron chi connectivity index (χ1n) is 8.32. The second-order valence-electron chi connectivity index (χ2n) is 6.56. The van der Waals surface area contributed by atoms with Crippen molar-refractivity contribution in [2.75, 3.05) is 0 Å². The van der Waals surface area contributed by atoms with E-state index < -0.39 is 0 Å². The van der Waals surface area contributed by atoms with Crippen molar-refractivity contribution in [2.24, 2.45) is 16.6 Å². The molecule has 0 saturated heterocycles. The molecule has 2 aromatic rings. The van der Waals surface area contributed by atoms with Crippen molar-refractivity contribution < 1.29 is 0 Å². The lowest BCUT2D eigenvalue weighted by Gasteiger charge is -2.26. The van der Waals surface area contributed by atoms with Crippen LogP contribution >= 0.6 is 0 Å². The standard InChI is InChI=1S/C20H22N2/c21-20-18-8-4-7-16(18)17-12-11-15(13-19(17)22-20)10-9-14-5-2-1-3-6-14/h1-3,5-6,11-13,16,18H,4,7-10H2,(H2,21,22). The molecule has 2 nitrogen and oxygen atoms in total. The molecule has 2 N–H and O–H groups in total. The number of fused-ring (bicyclic) bond motifs is 3. The van der Waals surface area contributed by atoms with Gasteiger partial charge >= 0.3 is 0 Å². The van der Waals surface area contributed by atoms with Crippen molar-refractivity contribution in [3.8, 4) is 0 Å². The minimum absolute atomic E-state index is 0.489. The summed E-state index contributed by atoms with van der Waals surface area (Å²) in [6.45, 7) is 0. The molecule has 4 rings (SSSR count). The second kappa shape index (κ2) is 5.60. The fourth-order valence-electron chi connectivity index (χ4n) is 4.00. The molecule has 2 unspecified atom stereocenters. The lowest BCUT2D eigenvalue weighted by molar-refractivity contribution is 0.610. The van der Waals surface area contributed by atoms with Crippen LogP contribution in [0.25, 0.3) is 0 Å². The van der Waals surface area contributed by atoms with Gasteiger partial charge in [-0.1, -0.05) is 48.9 Å². The zero-order chi connectivity index (χ0) is 14.9. The van der Waals surface area contributed by atoms with Gasteiger partial charge in [0.25, 0.3) is 0 Å². The Balaban J connectivity index is 1.57. The SMILES string of the molecule is NC1=Nc2cc(CCc3ccccc3)ccc2C2CCCC12. The summed E-state index contributed by atoms with van der Waals surface area (Å²) in [5.41, 5.74) is 11.5. The van der Waals surface area contributed by atoms with Crippen molar-refractivity contribution >= 4 is 11.5 Å². The van der Waals surface area contributed by atoms with Crippen LogP contribution in [0.2, 0.25) is 0 Å². The number of hydrogen-bond donors (Lipinski definition) is 1. The molecule has 0 bridgehead atoms. The highest BCUT2D eigenvalue weighted by Crippen LogP contribution is 2.46. The van der Waals surface area contributed by atoms with Gasteiger partial charge < -0.3 is 5.73 Å². The fourth-order valence-corrected chi connectivity index (χ4v) is 4.00. The average molecular weight is 290 g/mol. The summed E-state index contributed by atoms with van der Waals surface area (Å²) in [7, 11) is 0. The molecule has 1 aliphatic carbocycles. The van der Waals surface area contributed by atoms with Gasteiger partial charge in [0.1, 0.15) is 5.84 Å². The predicted octanol–water partition coefficient (Wildman–Crippen LogP) is 4.36. The third-order valence-electron chi connectivity index (χ3n) is 5.18. The highest BCUT2D eigenvalue weighted by Gasteiger charge is 2.35. The molecule has 0 spiro atoms. The summed E-state index contributed by atoms with van der Waals surface area (Å²) in [5, 5.41) is 0. The number of hydrogen-bond acceptors (Lipinski definition) is 2.